The molecule has 0 fully saturated rings. The Bertz CT molecular complexity index is 987. The van der Waals surface area contributed by atoms with E-state index < -0.39 is 0 Å². The summed E-state index contributed by atoms with van der Waals surface area (Å²) in [6.45, 7) is 0. The van der Waals surface area contributed by atoms with Crippen LogP contribution in [0, 0.1) is 5.82 Å². The lowest BCUT2D eigenvalue weighted by Crippen LogP contribution is -1.90. The number of halogens is 1. The number of nitrogens with zero attached hydrogens (tertiary/aromatic N) is 2. The van der Waals surface area contributed by atoms with Crippen molar-refractivity contribution < 1.29 is 9.18 Å². The Kier molecular flexibility index (Phi) is 3.28. The van der Waals surface area contributed by atoms with Gasteiger partial charge < -0.3 is 0 Å². The van der Waals surface area contributed by atoms with Crippen LogP contribution in [0.2, 0.25) is 0 Å². The van der Waals surface area contributed by atoms with E-state index in [4.69, 9.17) is 0 Å². The van der Waals surface area contributed by atoms with Crippen molar-refractivity contribution in [2.45, 2.75) is 0 Å². The second-order valence-electron chi connectivity index (χ2n) is 5.08. The summed E-state index contributed by atoms with van der Waals surface area (Å²) in [5.41, 5.74) is 2.87. The van der Waals surface area contributed by atoms with Crippen molar-refractivity contribution in [1.29, 1.82) is 0 Å². The average Bonchev–Trinajstić information content (AvgIpc) is 3.14. The zero-order chi connectivity index (χ0) is 15.8. The lowest BCUT2D eigenvalue weighted by Gasteiger charge is -1.99. The van der Waals surface area contributed by atoms with E-state index in [2.05, 4.69) is 4.98 Å². The first-order valence-electron chi connectivity index (χ1n) is 7.04. The van der Waals surface area contributed by atoms with E-state index in [0.717, 1.165) is 27.3 Å². The van der Waals surface area contributed by atoms with Crippen molar-refractivity contribution in [3.8, 4) is 21.7 Å². The van der Waals surface area contributed by atoms with E-state index in [9.17, 15) is 9.18 Å². The molecular formula is C18H11FN2OS. The highest BCUT2D eigenvalue weighted by Gasteiger charge is 2.16. The number of fused-ring (bicyclic) bond motifs is 1. The highest BCUT2D eigenvalue weighted by atomic mass is 32.1. The molecule has 2 aromatic carbocycles. The quantitative estimate of drug-likeness (QED) is 0.513. The normalized spacial score (nSPS) is 11.0. The molecule has 0 aliphatic carbocycles. The summed E-state index contributed by atoms with van der Waals surface area (Å²) < 4.78 is 14.9. The second-order valence-corrected chi connectivity index (χ2v) is 6.09. The van der Waals surface area contributed by atoms with Crippen molar-refractivity contribution in [3.63, 3.8) is 0 Å². The number of hydrogen-bond donors (Lipinski definition) is 0. The third-order valence-electron chi connectivity index (χ3n) is 3.65. The van der Waals surface area contributed by atoms with Crippen LogP contribution in [0.1, 0.15) is 10.5 Å². The molecule has 0 aliphatic rings. The summed E-state index contributed by atoms with van der Waals surface area (Å²) in [4.78, 5) is 17.9. The van der Waals surface area contributed by atoms with Crippen LogP contribution in [0.25, 0.3) is 26.7 Å². The van der Waals surface area contributed by atoms with E-state index in [1.54, 1.807) is 16.5 Å². The largest absolute Gasteiger partial charge is 0.296 e. The molecule has 4 rings (SSSR count). The zero-order valence-corrected chi connectivity index (χ0v) is 12.8. The molecule has 0 saturated heterocycles. The standard InChI is InChI=1S/C18H11FN2OS/c19-14-8-6-13(7-9-14)17-15(11-22)21-10-16(23-18(21)20-17)12-4-2-1-3-5-12/h1-11H. The minimum Gasteiger partial charge on any atom is -0.296 e. The first-order chi connectivity index (χ1) is 11.3. The highest BCUT2D eigenvalue weighted by molar-refractivity contribution is 7.20. The van der Waals surface area contributed by atoms with Gasteiger partial charge in [-0.3, -0.25) is 9.20 Å². The third kappa shape index (κ3) is 2.35. The number of carbonyl (C=O) groups excluding carboxylic acids is 1. The van der Waals surface area contributed by atoms with Gasteiger partial charge in [-0.15, -0.1) is 0 Å². The predicted octanol–water partition coefficient (Wildman–Crippen LogP) is 4.68. The first-order valence-corrected chi connectivity index (χ1v) is 7.86. The van der Waals surface area contributed by atoms with Gasteiger partial charge in [0.1, 0.15) is 17.2 Å². The van der Waals surface area contributed by atoms with Gasteiger partial charge in [-0.05, 0) is 29.8 Å². The number of rotatable bonds is 3. The van der Waals surface area contributed by atoms with Gasteiger partial charge in [0.25, 0.3) is 0 Å². The van der Waals surface area contributed by atoms with Crippen LogP contribution >= 0.6 is 11.3 Å². The van der Waals surface area contributed by atoms with Gasteiger partial charge in [-0.1, -0.05) is 41.7 Å². The van der Waals surface area contributed by atoms with Crippen LogP contribution in [0.15, 0.2) is 60.8 Å². The maximum absolute atomic E-state index is 13.1. The van der Waals surface area contributed by atoms with E-state index >= 15 is 0 Å². The molecule has 0 saturated carbocycles. The Morgan fingerprint density at radius 2 is 1.74 bits per heavy atom. The molecule has 2 heterocycles. The Hall–Kier alpha value is -2.79. The van der Waals surface area contributed by atoms with Crippen LogP contribution in [-0.4, -0.2) is 15.7 Å². The molecule has 0 radical (unpaired) electrons. The van der Waals surface area contributed by atoms with Crippen LogP contribution in [0.4, 0.5) is 4.39 Å². The Morgan fingerprint density at radius 3 is 2.43 bits per heavy atom. The van der Waals surface area contributed by atoms with Crippen molar-refractivity contribution in [2.75, 3.05) is 0 Å². The minimum atomic E-state index is -0.311. The molecule has 4 aromatic rings. The monoisotopic (exact) mass is 322 g/mol. The van der Waals surface area contributed by atoms with Crippen LogP contribution < -0.4 is 0 Å². The summed E-state index contributed by atoms with van der Waals surface area (Å²) in [5.74, 6) is -0.311. The molecule has 23 heavy (non-hydrogen) atoms. The van der Waals surface area contributed by atoms with E-state index in [0.29, 0.717) is 11.4 Å². The van der Waals surface area contributed by atoms with Gasteiger partial charge in [-0.25, -0.2) is 9.37 Å². The van der Waals surface area contributed by atoms with Crippen LogP contribution in [-0.2, 0) is 0 Å². The third-order valence-corrected chi connectivity index (χ3v) is 4.68. The molecule has 0 atom stereocenters. The lowest BCUT2D eigenvalue weighted by molar-refractivity contribution is 0.111. The number of imidazole rings is 1. The number of carbonyl (C=O) groups is 1. The number of aldehydes is 1. The summed E-state index contributed by atoms with van der Waals surface area (Å²) in [7, 11) is 0. The highest BCUT2D eigenvalue weighted by Crippen LogP contribution is 2.32. The fraction of sp³-hybridized carbons (Fsp3) is 0. The van der Waals surface area contributed by atoms with Crippen LogP contribution in [0.5, 0.6) is 0 Å². The van der Waals surface area contributed by atoms with Crippen molar-refractivity contribution in [3.05, 3.63) is 72.3 Å². The number of hydrogen-bond acceptors (Lipinski definition) is 3. The number of thiazole rings is 1. The van der Waals surface area contributed by atoms with Crippen LogP contribution in [0.3, 0.4) is 0 Å². The molecular weight excluding hydrogens is 311 g/mol. The molecule has 0 spiro atoms. The van der Waals surface area contributed by atoms with Gasteiger partial charge in [-0.2, -0.15) is 0 Å². The minimum absolute atomic E-state index is 0.311. The molecule has 0 aliphatic heterocycles. The maximum Gasteiger partial charge on any atom is 0.195 e. The molecule has 2 aromatic heterocycles. The first kappa shape index (κ1) is 13.8. The van der Waals surface area contributed by atoms with Gasteiger partial charge in [0, 0.05) is 11.8 Å². The zero-order valence-electron chi connectivity index (χ0n) is 11.9. The van der Waals surface area contributed by atoms with Gasteiger partial charge in [0.05, 0.1) is 4.88 Å². The number of benzene rings is 2. The maximum atomic E-state index is 13.1. The van der Waals surface area contributed by atoms with E-state index in [-0.39, 0.29) is 5.82 Å². The summed E-state index contributed by atoms with van der Waals surface area (Å²) in [5, 5.41) is 0. The molecule has 0 unspecified atom stereocenters. The van der Waals surface area contributed by atoms with Gasteiger partial charge in [0.15, 0.2) is 11.2 Å². The topological polar surface area (TPSA) is 34.4 Å². The SMILES string of the molecule is O=Cc1c(-c2ccc(F)cc2)nc2sc(-c3ccccc3)cn12. The summed E-state index contributed by atoms with van der Waals surface area (Å²) >= 11 is 1.52. The van der Waals surface area contributed by atoms with Crippen molar-refractivity contribution in [1.82, 2.24) is 9.38 Å². The van der Waals surface area contributed by atoms with Crippen molar-refractivity contribution in [2.24, 2.45) is 0 Å². The molecule has 112 valence electrons. The molecule has 0 amide bonds. The fourth-order valence-corrected chi connectivity index (χ4v) is 3.53. The molecule has 0 N–H and O–H groups in total. The fourth-order valence-electron chi connectivity index (χ4n) is 2.53. The van der Waals surface area contributed by atoms with Gasteiger partial charge in [0.2, 0.25) is 0 Å². The predicted molar refractivity (Wildman–Crippen MR) is 89.3 cm³/mol. The Labute approximate surface area is 135 Å². The summed E-state index contributed by atoms with van der Waals surface area (Å²) in [6, 6.07) is 16.0. The second kappa shape index (κ2) is 5.44. The Balaban J connectivity index is 1.87. The van der Waals surface area contributed by atoms with Gasteiger partial charge >= 0.3 is 0 Å². The molecule has 0 bridgehead atoms. The van der Waals surface area contributed by atoms with Crippen molar-refractivity contribution >= 4 is 22.6 Å². The Morgan fingerprint density at radius 1 is 1.00 bits per heavy atom. The summed E-state index contributed by atoms with van der Waals surface area (Å²) in [6.07, 6.45) is 2.71. The lowest BCUT2D eigenvalue weighted by atomic mass is 10.1. The van der Waals surface area contributed by atoms with E-state index in [1.807, 2.05) is 36.5 Å². The molecule has 3 nitrogen and oxygen atoms in total. The average molecular weight is 322 g/mol. The number of aromatic nitrogens is 2. The molecule has 5 heteroatoms. The smallest absolute Gasteiger partial charge is 0.195 e. The van der Waals surface area contributed by atoms with E-state index in [1.165, 1.54) is 23.5 Å².